The number of H-pyrrole nitrogens is 1. The molecule has 0 aliphatic carbocycles. The summed E-state index contributed by atoms with van der Waals surface area (Å²) in [6, 6.07) is 10.4. The number of ketones is 1. The van der Waals surface area contributed by atoms with Gasteiger partial charge in [-0.25, -0.2) is 14.5 Å². The molecule has 0 saturated carbocycles. The Morgan fingerprint density at radius 2 is 1.97 bits per heavy atom. The first-order valence-electron chi connectivity index (χ1n) is 9.60. The lowest BCUT2D eigenvalue weighted by Crippen LogP contribution is -2.37. The predicted octanol–water partition coefficient (Wildman–Crippen LogP) is 4.83. The fraction of sp³-hybridized carbons (Fsp3) is 0.182. The molecule has 1 aliphatic rings. The van der Waals surface area contributed by atoms with Crippen molar-refractivity contribution in [3.05, 3.63) is 85.4 Å². The summed E-state index contributed by atoms with van der Waals surface area (Å²) in [6.45, 7) is 2.91. The van der Waals surface area contributed by atoms with E-state index >= 15 is 0 Å². The number of fused-ring (bicyclic) bond motifs is 1. The van der Waals surface area contributed by atoms with Gasteiger partial charge >= 0.3 is 11.9 Å². The standard InChI is InChI=1S/C22H15BrF3N5O2/c1-11-18(12(2)32)19(16-7-6-13(10-27)8-17(16)23)31-20(28-29-21(31)33)30(11)15-5-3-4-14(9-15)22(24,25)26/h3-9,19H,1-2H3,(H,29,33). The van der Waals surface area contributed by atoms with Crippen LogP contribution in [0.2, 0.25) is 0 Å². The fourth-order valence-electron chi connectivity index (χ4n) is 3.98. The van der Waals surface area contributed by atoms with Crippen molar-refractivity contribution in [1.82, 2.24) is 14.8 Å². The number of aromatic nitrogens is 3. The molecule has 2 heterocycles. The lowest BCUT2D eigenvalue weighted by molar-refractivity contribution is -0.137. The number of aromatic amines is 1. The van der Waals surface area contributed by atoms with Crippen LogP contribution in [-0.4, -0.2) is 20.5 Å². The highest BCUT2D eigenvalue weighted by Gasteiger charge is 2.39. The van der Waals surface area contributed by atoms with Gasteiger partial charge in [-0.3, -0.25) is 9.69 Å². The molecular formula is C22H15BrF3N5O2. The van der Waals surface area contributed by atoms with Gasteiger partial charge in [0.2, 0.25) is 5.95 Å². The maximum atomic E-state index is 13.3. The number of nitrogens with zero attached hydrogens (tertiary/aromatic N) is 4. The first-order valence-corrected chi connectivity index (χ1v) is 10.4. The average Bonchev–Trinajstić information content (AvgIpc) is 3.13. The molecule has 0 fully saturated rings. The Hall–Kier alpha value is -3.65. The summed E-state index contributed by atoms with van der Waals surface area (Å²) >= 11 is 3.41. The van der Waals surface area contributed by atoms with Gasteiger partial charge in [0.1, 0.15) is 0 Å². The third kappa shape index (κ3) is 3.76. The van der Waals surface area contributed by atoms with Gasteiger partial charge in [-0.05, 0) is 49.7 Å². The number of nitriles is 1. The maximum absolute atomic E-state index is 13.3. The number of carbonyl (C=O) groups is 1. The van der Waals surface area contributed by atoms with E-state index in [0.717, 1.165) is 12.1 Å². The van der Waals surface area contributed by atoms with Gasteiger partial charge in [-0.15, -0.1) is 5.10 Å². The zero-order valence-corrected chi connectivity index (χ0v) is 18.8. The number of alkyl halides is 3. The number of rotatable bonds is 3. The molecular weight excluding hydrogens is 503 g/mol. The number of anilines is 2. The molecule has 1 unspecified atom stereocenters. The summed E-state index contributed by atoms with van der Waals surface area (Å²) in [5.41, 5.74) is -0.000939. The summed E-state index contributed by atoms with van der Waals surface area (Å²) in [6.07, 6.45) is -4.58. The second kappa shape index (κ2) is 8.04. The Morgan fingerprint density at radius 1 is 1.24 bits per heavy atom. The van der Waals surface area contributed by atoms with Crippen LogP contribution in [0.1, 0.15) is 36.6 Å². The quantitative estimate of drug-likeness (QED) is 0.536. The summed E-state index contributed by atoms with van der Waals surface area (Å²) < 4.78 is 41.7. The molecule has 0 bridgehead atoms. The lowest BCUT2D eigenvalue weighted by Gasteiger charge is -2.36. The number of hydrogen-bond acceptors (Lipinski definition) is 5. The van der Waals surface area contributed by atoms with Crippen molar-refractivity contribution in [3.8, 4) is 6.07 Å². The molecule has 1 atom stereocenters. The van der Waals surface area contributed by atoms with Crippen molar-refractivity contribution < 1.29 is 18.0 Å². The van der Waals surface area contributed by atoms with Gasteiger partial charge in [-0.2, -0.15) is 18.4 Å². The van der Waals surface area contributed by atoms with E-state index in [9.17, 15) is 22.8 Å². The van der Waals surface area contributed by atoms with Crippen LogP contribution in [0.25, 0.3) is 0 Å². The number of nitrogens with one attached hydrogen (secondary N) is 1. The molecule has 7 nitrogen and oxygen atoms in total. The highest BCUT2D eigenvalue weighted by molar-refractivity contribution is 9.10. The van der Waals surface area contributed by atoms with Crippen LogP contribution in [0.5, 0.6) is 0 Å². The van der Waals surface area contributed by atoms with Crippen LogP contribution >= 0.6 is 15.9 Å². The number of halogens is 4. The normalized spacial score (nSPS) is 15.9. The van der Waals surface area contributed by atoms with Crippen molar-refractivity contribution in [1.29, 1.82) is 5.26 Å². The van der Waals surface area contributed by atoms with Crippen LogP contribution < -0.4 is 10.6 Å². The molecule has 1 N–H and O–H groups in total. The van der Waals surface area contributed by atoms with Crippen LogP contribution in [0.4, 0.5) is 24.8 Å². The van der Waals surface area contributed by atoms with Crippen LogP contribution in [0, 0.1) is 11.3 Å². The van der Waals surface area contributed by atoms with E-state index in [4.69, 9.17) is 5.26 Å². The van der Waals surface area contributed by atoms with E-state index in [2.05, 4.69) is 26.1 Å². The fourth-order valence-corrected chi connectivity index (χ4v) is 4.57. The second-order valence-electron chi connectivity index (χ2n) is 7.39. The zero-order valence-electron chi connectivity index (χ0n) is 17.2. The molecule has 2 aromatic carbocycles. The molecule has 3 aromatic rings. The summed E-state index contributed by atoms with van der Waals surface area (Å²) in [5, 5.41) is 15.5. The molecule has 1 aliphatic heterocycles. The molecule has 4 rings (SSSR count). The van der Waals surface area contributed by atoms with Crippen LogP contribution in [0.15, 0.2) is 63.0 Å². The van der Waals surface area contributed by atoms with E-state index in [0.29, 0.717) is 21.3 Å². The van der Waals surface area contributed by atoms with Crippen molar-refractivity contribution in [2.45, 2.75) is 26.1 Å². The summed E-state index contributed by atoms with van der Waals surface area (Å²) in [4.78, 5) is 26.9. The minimum atomic E-state index is -4.58. The average molecular weight is 518 g/mol. The SMILES string of the molecule is CC(=O)C1=C(C)N(c2cccc(C(F)(F)F)c2)c2n[nH]c(=O)n2C1c1ccc(C#N)cc1Br. The predicted molar refractivity (Wildman–Crippen MR) is 117 cm³/mol. The lowest BCUT2D eigenvalue weighted by atomic mass is 9.91. The number of carbonyl (C=O) groups excluding carboxylic acids is 1. The number of Topliss-reactive ketones (excluding diaryl/α,β-unsaturated/α-hetero) is 1. The highest BCUT2D eigenvalue weighted by Crippen LogP contribution is 2.44. The van der Waals surface area contributed by atoms with Gasteiger partial charge in [0, 0.05) is 21.4 Å². The van der Waals surface area contributed by atoms with E-state index in [1.165, 1.54) is 28.5 Å². The number of hydrogen-bond donors (Lipinski definition) is 1. The largest absolute Gasteiger partial charge is 0.416 e. The van der Waals surface area contributed by atoms with Crippen LogP contribution in [-0.2, 0) is 11.0 Å². The first kappa shape index (κ1) is 22.5. The van der Waals surface area contributed by atoms with Crippen LogP contribution in [0.3, 0.4) is 0 Å². The maximum Gasteiger partial charge on any atom is 0.416 e. The van der Waals surface area contributed by atoms with E-state index in [-0.39, 0.29) is 23.0 Å². The Kier molecular flexibility index (Phi) is 5.49. The van der Waals surface area contributed by atoms with E-state index in [1.807, 2.05) is 6.07 Å². The molecule has 0 radical (unpaired) electrons. The zero-order chi connectivity index (χ0) is 24.1. The number of allylic oxidation sites excluding steroid dienone is 2. The molecule has 1 aromatic heterocycles. The third-order valence-corrected chi connectivity index (χ3v) is 6.06. The number of benzene rings is 2. The van der Waals surface area contributed by atoms with Crippen molar-refractivity contribution >= 4 is 33.3 Å². The molecule has 11 heteroatoms. The summed E-state index contributed by atoms with van der Waals surface area (Å²) in [7, 11) is 0. The van der Waals surface area contributed by atoms with Gasteiger partial charge in [0.15, 0.2) is 5.78 Å². The van der Waals surface area contributed by atoms with Crippen molar-refractivity contribution in [3.63, 3.8) is 0 Å². The van der Waals surface area contributed by atoms with Gasteiger partial charge < -0.3 is 0 Å². The minimum absolute atomic E-state index is 0.0306. The van der Waals surface area contributed by atoms with Gasteiger partial charge in [0.25, 0.3) is 0 Å². The highest BCUT2D eigenvalue weighted by atomic mass is 79.9. The smallest absolute Gasteiger partial charge is 0.295 e. The Bertz CT molecular complexity index is 1410. The third-order valence-electron chi connectivity index (χ3n) is 5.38. The molecule has 168 valence electrons. The Morgan fingerprint density at radius 3 is 2.58 bits per heavy atom. The van der Waals surface area contributed by atoms with E-state index in [1.54, 1.807) is 25.1 Å². The van der Waals surface area contributed by atoms with Gasteiger partial charge in [-0.1, -0.05) is 28.1 Å². The topological polar surface area (TPSA) is 94.8 Å². The molecule has 0 amide bonds. The second-order valence-corrected chi connectivity index (χ2v) is 8.24. The van der Waals surface area contributed by atoms with E-state index < -0.39 is 23.5 Å². The molecule has 0 spiro atoms. The molecule has 33 heavy (non-hydrogen) atoms. The van der Waals surface area contributed by atoms with Crippen molar-refractivity contribution in [2.75, 3.05) is 4.90 Å². The van der Waals surface area contributed by atoms with Gasteiger partial charge in [0.05, 0.1) is 23.2 Å². The van der Waals surface area contributed by atoms with Crippen molar-refractivity contribution in [2.24, 2.45) is 0 Å². The Labute approximate surface area is 193 Å². The molecule has 0 saturated heterocycles. The minimum Gasteiger partial charge on any atom is -0.295 e. The monoisotopic (exact) mass is 517 g/mol. The Balaban J connectivity index is 2.01. The first-order chi connectivity index (χ1) is 15.5. The summed E-state index contributed by atoms with van der Waals surface area (Å²) in [5.74, 6) is -0.340.